The minimum Gasteiger partial charge on any atom is -0.481 e. The van der Waals surface area contributed by atoms with Crippen molar-refractivity contribution in [3.8, 4) is 0 Å². The Hall–Kier alpha value is -1.67. The van der Waals surface area contributed by atoms with E-state index in [1.165, 1.54) is 4.88 Å². The molecule has 2 aliphatic carbocycles. The number of anilines is 1. The van der Waals surface area contributed by atoms with Gasteiger partial charge in [0.15, 0.2) is 5.13 Å². The maximum atomic E-state index is 12.3. The highest BCUT2D eigenvalue weighted by Gasteiger charge is 2.37. The van der Waals surface area contributed by atoms with E-state index in [9.17, 15) is 9.59 Å². The Kier molecular flexibility index (Phi) is 5.36. The van der Waals surface area contributed by atoms with Crippen LogP contribution in [0.2, 0.25) is 0 Å². The number of aromatic nitrogens is 1. The maximum Gasteiger partial charge on any atom is 0.321 e. The van der Waals surface area contributed by atoms with E-state index < -0.39 is 5.97 Å². The Morgan fingerprint density at radius 3 is 2.59 bits per heavy atom. The molecule has 0 radical (unpaired) electrons. The van der Waals surface area contributed by atoms with Crippen LogP contribution in [0.15, 0.2) is 0 Å². The molecule has 0 aromatic carbocycles. The van der Waals surface area contributed by atoms with Gasteiger partial charge in [-0.25, -0.2) is 9.78 Å². The molecule has 4 rings (SSSR count). The van der Waals surface area contributed by atoms with Crippen LogP contribution in [-0.2, 0) is 22.4 Å². The molecule has 3 N–H and O–H groups in total. The lowest BCUT2D eigenvalue weighted by Gasteiger charge is -2.39. The van der Waals surface area contributed by atoms with Gasteiger partial charge in [-0.05, 0) is 63.2 Å². The van der Waals surface area contributed by atoms with Crippen molar-refractivity contribution in [2.45, 2.75) is 63.8 Å². The molecule has 1 saturated heterocycles. The number of hydrogen-bond acceptors (Lipinski definition) is 5. The SMILES string of the molecule is O=C(Nc1nc2c(s1)CC1(CCOCC1)CC2)NC1CCC(C(=O)O)CC1. The van der Waals surface area contributed by atoms with E-state index in [-0.39, 0.29) is 18.0 Å². The number of carboxylic acid groups (broad SMARTS) is 1. The van der Waals surface area contributed by atoms with E-state index in [1.807, 2.05) is 0 Å². The number of rotatable bonds is 3. The molecule has 2 fully saturated rings. The van der Waals surface area contributed by atoms with E-state index >= 15 is 0 Å². The van der Waals surface area contributed by atoms with Crippen molar-refractivity contribution in [1.29, 1.82) is 0 Å². The van der Waals surface area contributed by atoms with Gasteiger partial charge in [-0.3, -0.25) is 10.1 Å². The van der Waals surface area contributed by atoms with Crippen LogP contribution in [0.25, 0.3) is 0 Å². The van der Waals surface area contributed by atoms with E-state index in [4.69, 9.17) is 9.84 Å². The number of carboxylic acids is 1. The summed E-state index contributed by atoms with van der Waals surface area (Å²) in [5, 5.41) is 15.6. The third kappa shape index (κ3) is 4.27. The molecule has 3 aliphatic rings. The van der Waals surface area contributed by atoms with Gasteiger partial charge in [0.05, 0.1) is 11.6 Å². The van der Waals surface area contributed by atoms with Gasteiger partial charge in [-0.15, -0.1) is 11.3 Å². The van der Waals surface area contributed by atoms with E-state index in [0.717, 1.165) is 51.0 Å². The van der Waals surface area contributed by atoms with Gasteiger partial charge in [0.25, 0.3) is 0 Å². The number of carbonyl (C=O) groups is 2. The first-order chi connectivity index (χ1) is 13.0. The minimum atomic E-state index is -0.728. The van der Waals surface area contributed by atoms with Crippen LogP contribution in [0.4, 0.5) is 9.93 Å². The predicted octanol–water partition coefficient (Wildman–Crippen LogP) is 3.19. The van der Waals surface area contributed by atoms with E-state index in [1.54, 1.807) is 11.3 Å². The van der Waals surface area contributed by atoms with Crippen LogP contribution in [0.3, 0.4) is 0 Å². The first-order valence-electron chi connectivity index (χ1n) is 9.90. The number of hydrogen-bond donors (Lipinski definition) is 3. The standard InChI is InChI=1S/C19H27N3O4S/c23-16(24)12-1-3-13(4-2-12)20-17(25)22-18-21-14-5-6-19(11-15(14)27-18)7-9-26-10-8-19/h12-13H,1-11H2,(H,23,24)(H2,20,21,22,25). The van der Waals surface area contributed by atoms with Crippen LogP contribution >= 0.6 is 11.3 Å². The maximum absolute atomic E-state index is 12.3. The summed E-state index contributed by atoms with van der Waals surface area (Å²) < 4.78 is 5.52. The molecule has 2 heterocycles. The van der Waals surface area contributed by atoms with Crippen LogP contribution in [0, 0.1) is 11.3 Å². The quantitative estimate of drug-likeness (QED) is 0.732. The van der Waals surface area contributed by atoms with Crippen LogP contribution in [-0.4, -0.2) is 41.3 Å². The number of amides is 2. The van der Waals surface area contributed by atoms with E-state index in [0.29, 0.717) is 36.2 Å². The monoisotopic (exact) mass is 393 g/mol. The second kappa shape index (κ2) is 7.75. The van der Waals surface area contributed by atoms with Gasteiger partial charge in [0, 0.05) is 24.1 Å². The molecule has 1 spiro atoms. The molecule has 27 heavy (non-hydrogen) atoms. The number of nitrogens with one attached hydrogen (secondary N) is 2. The summed E-state index contributed by atoms with van der Waals surface area (Å²) in [5.74, 6) is -0.997. The first kappa shape index (κ1) is 18.7. The van der Waals surface area contributed by atoms with Crippen molar-refractivity contribution in [3.05, 3.63) is 10.6 Å². The summed E-state index contributed by atoms with van der Waals surface area (Å²) in [6.07, 6.45) is 8.09. The number of urea groups is 1. The van der Waals surface area contributed by atoms with Gasteiger partial charge < -0.3 is 15.2 Å². The molecule has 1 aromatic rings. The zero-order chi connectivity index (χ0) is 18.9. The molecule has 148 valence electrons. The fourth-order valence-electron chi connectivity index (χ4n) is 4.62. The Morgan fingerprint density at radius 1 is 1.15 bits per heavy atom. The number of thiazole rings is 1. The number of carbonyl (C=O) groups excluding carboxylic acids is 1. The van der Waals surface area contributed by atoms with Crippen molar-refractivity contribution >= 4 is 28.5 Å². The highest BCUT2D eigenvalue weighted by Crippen LogP contribution is 2.45. The van der Waals surface area contributed by atoms with Gasteiger partial charge in [-0.1, -0.05) is 0 Å². The smallest absolute Gasteiger partial charge is 0.321 e. The second-order valence-electron chi connectivity index (χ2n) is 8.16. The average molecular weight is 394 g/mol. The molecule has 0 unspecified atom stereocenters. The number of fused-ring (bicyclic) bond motifs is 1. The first-order valence-corrected chi connectivity index (χ1v) is 10.7. The summed E-state index contributed by atoms with van der Waals surface area (Å²) in [6.45, 7) is 1.71. The summed E-state index contributed by atoms with van der Waals surface area (Å²) in [7, 11) is 0. The lowest BCUT2D eigenvalue weighted by atomic mass is 9.70. The molecule has 8 heteroatoms. The van der Waals surface area contributed by atoms with Gasteiger partial charge in [-0.2, -0.15) is 0 Å². The largest absolute Gasteiger partial charge is 0.481 e. The summed E-state index contributed by atoms with van der Waals surface area (Å²) >= 11 is 1.60. The van der Waals surface area contributed by atoms with Crippen molar-refractivity contribution in [2.75, 3.05) is 18.5 Å². The number of ether oxygens (including phenoxy) is 1. The predicted molar refractivity (Wildman–Crippen MR) is 102 cm³/mol. The van der Waals surface area contributed by atoms with Crippen LogP contribution in [0.1, 0.15) is 55.5 Å². The summed E-state index contributed by atoms with van der Waals surface area (Å²) in [5.41, 5.74) is 1.49. The van der Waals surface area contributed by atoms with Gasteiger partial charge in [0.2, 0.25) is 0 Å². The zero-order valence-corrected chi connectivity index (χ0v) is 16.3. The van der Waals surface area contributed by atoms with Gasteiger partial charge >= 0.3 is 12.0 Å². The Bertz CT molecular complexity index is 706. The van der Waals surface area contributed by atoms with Crippen LogP contribution in [0.5, 0.6) is 0 Å². The lowest BCUT2D eigenvalue weighted by Crippen LogP contribution is -2.40. The normalized spacial score (nSPS) is 27.0. The molecule has 1 aromatic heterocycles. The molecule has 1 aliphatic heterocycles. The molecule has 2 amide bonds. The minimum absolute atomic E-state index is 0.0423. The second-order valence-corrected chi connectivity index (χ2v) is 9.25. The highest BCUT2D eigenvalue weighted by molar-refractivity contribution is 7.15. The van der Waals surface area contributed by atoms with Crippen molar-refractivity contribution < 1.29 is 19.4 Å². The Morgan fingerprint density at radius 2 is 1.89 bits per heavy atom. The summed E-state index contributed by atoms with van der Waals surface area (Å²) in [6, 6.07) is -0.193. The Balaban J connectivity index is 1.30. The number of aliphatic carboxylic acids is 1. The third-order valence-electron chi connectivity index (χ3n) is 6.39. The molecule has 7 nitrogen and oxygen atoms in total. The zero-order valence-electron chi connectivity index (χ0n) is 15.5. The van der Waals surface area contributed by atoms with Crippen molar-refractivity contribution in [3.63, 3.8) is 0 Å². The van der Waals surface area contributed by atoms with Crippen molar-refractivity contribution in [1.82, 2.24) is 10.3 Å². The van der Waals surface area contributed by atoms with Crippen LogP contribution < -0.4 is 10.6 Å². The Labute approximate surface area is 162 Å². The van der Waals surface area contributed by atoms with Gasteiger partial charge in [0.1, 0.15) is 0 Å². The van der Waals surface area contributed by atoms with Crippen molar-refractivity contribution in [2.24, 2.45) is 11.3 Å². The fourth-order valence-corrected chi connectivity index (χ4v) is 5.79. The molecule has 1 saturated carbocycles. The number of nitrogens with zero attached hydrogens (tertiary/aromatic N) is 1. The molecule has 0 atom stereocenters. The number of aryl methyl sites for hydroxylation is 1. The molecular weight excluding hydrogens is 366 g/mol. The summed E-state index contributed by atoms with van der Waals surface area (Å²) in [4.78, 5) is 29.3. The molecule has 0 bridgehead atoms. The molecular formula is C19H27N3O4S. The lowest BCUT2D eigenvalue weighted by molar-refractivity contribution is -0.142. The third-order valence-corrected chi connectivity index (χ3v) is 7.40. The topological polar surface area (TPSA) is 101 Å². The fraction of sp³-hybridized carbons (Fsp3) is 0.737. The average Bonchev–Trinajstić information content (AvgIpc) is 3.03. The van der Waals surface area contributed by atoms with E-state index in [2.05, 4.69) is 15.6 Å². The highest BCUT2D eigenvalue weighted by atomic mass is 32.1.